The van der Waals surface area contributed by atoms with Gasteiger partial charge in [0.25, 0.3) is 0 Å². The molecular weight excluding hydrogens is 182 g/mol. The molecule has 1 heteroatoms. The van der Waals surface area contributed by atoms with Crippen LogP contribution in [0.25, 0.3) is 5.57 Å². The first-order valence-electron chi connectivity index (χ1n) is 5.62. The lowest BCUT2D eigenvalue weighted by Gasteiger charge is -2.21. The van der Waals surface area contributed by atoms with Crippen LogP contribution in [0.4, 0.5) is 0 Å². The van der Waals surface area contributed by atoms with Crippen LogP contribution >= 0.6 is 0 Å². The van der Waals surface area contributed by atoms with Gasteiger partial charge in [-0.1, -0.05) is 38.1 Å². The second-order valence-corrected chi connectivity index (χ2v) is 4.13. The van der Waals surface area contributed by atoms with E-state index < -0.39 is 0 Å². The van der Waals surface area contributed by atoms with Crippen LogP contribution in [0, 0.1) is 11.8 Å². The van der Waals surface area contributed by atoms with Crippen LogP contribution in [-0.2, 0) is 0 Å². The quantitative estimate of drug-likeness (QED) is 0.707. The van der Waals surface area contributed by atoms with Crippen LogP contribution < -0.4 is 0 Å². The molecule has 0 saturated heterocycles. The predicted molar refractivity (Wildman–Crippen MR) is 64.3 cm³/mol. The normalized spacial score (nSPS) is 25.1. The summed E-state index contributed by atoms with van der Waals surface area (Å²) < 4.78 is 0. The molecule has 1 aromatic heterocycles. The lowest BCUT2D eigenvalue weighted by Crippen LogP contribution is -2.09. The molecule has 0 fully saturated rings. The summed E-state index contributed by atoms with van der Waals surface area (Å²) in [5, 5.41) is 0. The van der Waals surface area contributed by atoms with Crippen molar-refractivity contribution in [3.05, 3.63) is 48.3 Å². The Morgan fingerprint density at radius 2 is 2.20 bits per heavy atom. The third-order valence-electron chi connectivity index (χ3n) is 3.07. The second-order valence-electron chi connectivity index (χ2n) is 4.13. The van der Waals surface area contributed by atoms with E-state index in [-0.39, 0.29) is 0 Å². The summed E-state index contributed by atoms with van der Waals surface area (Å²) in [5.41, 5.74) is 2.34. The molecular formula is C14H17N. The smallest absolute Gasteiger partial charge is 0.0698 e. The lowest BCUT2D eigenvalue weighted by molar-refractivity contribution is 0.493. The van der Waals surface area contributed by atoms with Crippen LogP contribution in [0.5, 0.6) is 0 Å². The van der Waals surface area contributed by atoms with E-state index in [4.69, 9.17) is 0 Å². The number of aromatic nitrogens is 1. The highest BCUT2D eigenvalue weighted by molar-refractivity contribution is 5.72. The van der Waals surface area contributed by atoms with Crippen LogP contribution in [0.15, 0.2) is 42.6 Å². The van der Waals surface area contributed by atoms with Crippen molar-refractivity contribution in [2.24, 2.45) is 11.8 Å². The van der Waals surface area contributed by atoms with Gasteiger partial charge in [0.15, 0.2) is 0 Å². The fourth-order valence-electron chi connectivity index (χ4n) is 2.08. The van der Waals surface area contributed by atoms with Gasteiger partial charge in [0.1, 0.15) is 0 Å². The minimum Gasteiger partial charge on any atom is -0.256 e. The van der Waals surface area contributed by atoms with Crippen LogP contribution in [-0.4, -0.2) is 4.98 Å². The molecule has 78 valence electrons. The Morgan fingerprint density at radius 1 is 1.33 bits per heavy atom. The Morgan fingerprint density at radius 3 is 2.80 bits per heavy atom. The number of allylic oxidation sites excluding steroid dienone is 4. The molecule has 1 aliphatic carbocycles. The third kappa shape index (κ3) is 2.17. The van der Waals surface area contributed by atoms with Gasteiger partial charge in [0, 0.05) is 6.20 Å². The minimum atomic E-state index is 0.622. The van der Waals surface area contributed by atoms with Gasteiger partial charge in [-0.2, -0.15) is 0 Å². The summed E-state index contributed by atoms with van der Waals surface area (Å²) in [6.07, 6.45) is 9.91. The fraction of sp³-hybridized carbons (Fsp3) is 0.357. The topological polar surface area (TPSA) is 12.9 Å². The van der Waals surface area contributed by atoms with E-state index >= 15 is 0 Å². The van der Waals surface area contributed by atoms with E-state index in [0.29, 0.717) is 11.8 Å². The van der Waals surface area contributed by atoms with Gasteiger partial charge in [-0.25, -0.2) is 0 Å². The van der Waals surface area contributed by atoms with E-state index in [1.807, 2.05) is 18.3 Å². The lowest BCUT2D eigenvalue weighted by atomic mass is 9.85. The Labute approximate surface area is 91.6 Å². The minimum absolute atomic E-state index is 0.622. The summed E-state index contributed by atoms with van der Waals surface area (Å²) in [6.45, 7) is 4.52. The largest absolute Gasteiger partial charge is 0.256 e. The molecule has 2 rings (SSSR count). The molecule has 0 aliphatic heterocycles. The fourth-order valence-corrected chi connectivity index (χ4v) is 2.08. The molecule has 0 bridgehead atoms. The SMILES string of the molecule is CC[C@H]1C=CC(c2ccccn2)=C[C@H]1C. The Balaban J connectivity index is 2.24. The van der Waals surface area contributed by atoms with Crippen molar-refractivity contribution in [2.45, 2.75) is 20.3 Å². The highest BCUT2D eigenvalue weighted by Gasteiger charge is 2.15. The summed E-state index contributed by atoms with van der Waals surface area (Å²) in [5.74, 6) is 1.31. The first-order chi connectivity index (χ1) is 7.31. The van der Waals surface area contributed by atoms with Crippen molar-refractivity contribution in [3.63, 3.8) is 0 Å². The third-order valence-corrected chi connectivity index (χ3v) is 3.07. The maximum Gasteiger partial charge on any atom is 0.0698 e. The van der Waals surface area contributed by atoms with Crippen molar-refractivity contribution in [1.82, 2.24) is 4.98 Å². The van der Waals surface area contributed by atoms with Crippen LogP contribution in [0.1, 0.15) is 26.0 Å². The van der Waals surface area contributed by atoms with Gasteiger partial charge < -0.3 is 0 Å². The highest BCUT2D eigenvalue weighted by atomic mass is 14.7. The molecule has 0 unspecified atom stereocenters. The summed E-state index contributed by atoms with van der Waals surface area (Å²) in [7, 11) is 0. The van der Waals surface area contributed by atoms with Crippen molar-refractivity contribution >= 4 is 5.57 Å². The van der Waals surface area contributed by atoms with Crippen LogP contribution in [0.2, 0.25) is 0 Å². The number of nitrogens with zero attached hydrogens (tertiary/aromatic N) is 1. The van der Waals surface area contributed by atoms with Gasteiger partial charge in [-0.3, -0.25) is 4.98 Å². The number of pyridine rings is 1. The van der Waals surface area contributed by atoms with Gasteiger partial charge in [-0.05, 0) is 36.0 Å². The van der Waals surface area contributed by atoms with Crippen molar-refractivity contribution in [2.75, 3.05) is 0 Å². The molecule has 0 amide bonds. The monoisotopic (exact) mass is 199 g/mol. The Kier molecular flexibility index (Phi) is 3.00. The number of hydrogen-bond acceptors (Lipinski definition) is 1. The maximum absolute atomic E-state index is 4.37. The molecule has 0 aromatic carbocycles. The molecule has 1 aromatic rings. The maximum atomic E-state index is 4.37. The zero-order valence-corrected chi connectivity index (χ0v) is 9.35. The average molecular weight is 199 g/mol. The average Bonchev–Trinajstić information content (AvgIpc) is 2.30. The summed E-state index contributed by atoms with van der Waals surface area (Å²) >= 11 is 0. The molecule has 1 heterocycles. The van der Waals surface area contributed by atoms with E-state index in [0.717, 1.165) is 5.69 Å². The number of rotatable bonds is 2. The molecule has 0 spiro atoms. The van der Waals surface area contributed by atoms with Gasteiger partial charge in [-0.15, -0.1) is 0 Å². The zero-order chi connectivity index (χ0) is 10.7. The zero-order valence-electron chi connectivity index (χ0n) is 9.35. The summed E-state index contributed by atoms with van der Waals surface area (Å²) in [6, 6.07) is 6.05. The van der Waals surface area contributed by atoms with Crippen molar-refractivity contribution < 1.29 is 0 Å². The van der Waals surface area contributed by atoms with Crippen LogP contribution in [0.3, 0.4) is 0 Å². The van der Waals surface area contributed by atoms with E-state index in [1.54, 1.807) is 0 Å². The molecule has 0 saturated carbocycles. The first kappa shape index (κ1) is 10.2. The van der Waals surface area contributed by atoms with Crippen molar-refractivity contribution in [3.8, 4) is 0 Å². The van der Waals surface area contributed by atoms with Gasteiger partial charge in [0.2, 0.25) is 0 Å². The Bertz CT molecular complexity index is 376. The second kappa shape index (κ2) is 4.43. The highest BCUT2D eigenvalue weighted by Crippen LogP contribution is 2.28. The van der Waals surface area contributed by atoms with Crippen molar-refractivity contribution in [1.29, 1.82) is 0 Å². The number of hydrogen-bond donors (Lipinski definition) is 0. The molecule has 15 heavy (non-hydrogen) atoms. The van der Waals surface area contributed by atoms with E-state index in [1.165, 1.54) is 12.0 Å². The van der Waals surface area contributed by atoms with E-state index in [9.17, 15) is 0 Å². The van der Waals surface area contributed by atoms with E-state index in [2.05, 4.69) is 43.1 Å². The van der Waals surface area contributed by atoms with Gasteiger partial charge >= 0.3 is 0 Å². The van der Waals surface area contributed by atoms with Gasteiger partial charge in [0.05, 0.1) is 5.69 Å². The first-order valence-corrected chi connectivity index (χ1v) is 5.62. The summed E-state index contributed by atoms with van der Waals surface area (Å²) in [4.78, 5) is 4.37. The predicted octanol–water partition coefficient (Wildman–Crippen LogP) is 3.70. The molecule has 2 atom stereocenters. The molecule has 0 N–H and O–H groups in total. The molecule has 1 nitrogen and oxygen atoms in total. The molecule has 0 radical (unpaired) electrons. The standard InChI is InChI=1S/C14H17N/c1-3-12-7-8-13(10-11(12)2)14-6-4-5-9-15-14/h4-12H,3H2,1-2H3/t11-,12+/m1/s1. The Hall–Kier alpha value is -1.37. The molecule has 1 aliphatic rings.